The Kier molecular flexibility index (Phi) is 3.96. The Balaban J connectivity index is 1.79. The third kappa shape index (κ3) is 3.38. The maximum Gasteiger partial charge on any atom is 0.249 e. The van der Waals surface area contributed by atoms with Crippen molar-refractivity contribution in [3.05, 3.63) is 65.9 Å². The van der Waals surface area contributed by atoms with Crippen molar-refractivity contribution < 1.29 is 0 Å². The Morgan fingerprint density at radius 1 is 0.909 bits per heavy atom. The van der Waals surface area contributed by atoms with Gasteiger partial charge in [0.05, 0.1) is 6.20 Å². The van der Waals surface area contributed by atoms with Crippen molar-refractivity contribution >= 4 is 23.1 Å². The van der Waals surface area contributed by atoms with Crippen molar-refractivity contribution in [3.63, 3.8) is 0 Å². The molecule has 0 saturated heterocycles. The highest BCUT2D eigenvalue weighted by Crippen LogP contribution is 2.19. The molecule has 0 atom stereocenters. The maximum atomic E-state index is 4.44. The minimum atomic E-state index is 0.462. The highest BCUT2D eigenvalue weighted by Gasteiger charge is 2.03. The molecule has 0 radical (unpaired) electrons. The molecular formula is C17H17N5. The number of benzene rings is 2. The lowest BCUT2D eigenvalue weighted by atomic mass is 10.2. The second-order valence-electron chi connectivity index (χ2n) is 5.10. The van der Waals surface area contributed by atoms with E-state index in [1.54, 1.807) is 6.20 Å². The number of aromatic nitrogens is 3. The van der Waals surface area contributed by atoms with Crippen molar-refractivity contribution in [2.24, 2.45) is 0 Å². The summed E-state index contributed by atoms with van der Waals surface area (Å²) in [6, 6.07) is 16.1. The molecule has 3 rings (SSSR count). The molecule has 0 aliphatic heterocycles. The van der Waals surface area contributed by atoms with Crippen LogP contribution in [0.15, 0.2) is 54.7 Å². The number of aryl methyl sites for hydroxylation is 2. The first-order chi connectivity index (χ1) is 10.7. The molecule has 0 bridgehead atoms. The zero-order valence-electron chi connectivity index (χ0n) is 12.5. The molecule has 0 aliphatic carbocycles. The molecule has 1 heterocycles. The predicted molar refractivity (Wildman–Crippen MR) is 88.8 cm³/mol. The van der Waals surface area contributed by atoms with Crippen molar-refractivity contribution in [2.75, 3.05) is 10.6 Å². The quantitative estimate of drug-likeness (QED) is 0.761. The summed E-state index contributed by atoms with van der Waals surface area (Å²) in [4.78, 5) is 4.44. The largest absolute Gasteiger partial charge is 0.339 e. The van der Waals surface area contributed by atoms with E-state index in [9.17, 15) is 0 Å². The smallest absolute Gasteiger partial charge is 0.249 e. The lowest BCUT2D eigenvalue weighted by Crippen LogP contribution is -2.03. The fourth-order valence-corrected chi connectivity index (χ4v) is 2.12. The molecule has 5 heteroatoms. The average molecular weight is 291 g/mol. The van der Waals surface area contributed by atoms with Gasteiger partial charge < -0.3 is 10.6 Å². The van der Waals surface area contributed by atoms with E-state index < -0.39 is 0 Å². The minimum Gasteiger partial charge on any atom is -0.339 e. The van der Waals surface area contributed by atoms with Crippen LogP contribution >= 0.6 is 0 Å². The van der Waals surface area contributed by atoms with E-state index in [2.05, 4.69) is 25.8 Å². The molecule has 0 aliphatic rings. The van der Waals surface area contributed by atoms with Crippen LogP contribution in [0.25, 0.3) is 0 Å². The van der Waals surface area contributed by atoms with E-state index in [4.69, 9.17) is 0 Å². The number of hydrogen-bond donors (Lipinski definition) is 2. The van der Waals surface area contributed by atoms with Crippen LogP contribution < -0.4 is 10.6 Å². The first-order valence-corrected chi connectivity index (χ1v) is 7.07. The summed E-state index contributed by atoms with van der Waals surface area (Å²) in [5.41, 5.74) is 4.26. The second-order valence-corrected chi connectivity index (χ2v) is 5.10. The number of para-hydroxylation sites is 1. The van der Waals surface area contributed by atoms with Gasteiger partial charge in [0.25, 0.3) is 0 Å². The predicted octanol–water partition coefficient (Wildman–Crippen LogP) is 3.98. The fraction of sp³-hybridized carbons (Fsp3) is 0.118. The highest BCUT2D eigenvalue weighted by molar-refractivity contribution is 5.61. The zero-order chi connectivity index (χ0) is 15.4. The molecule has 0 saturated carbocycles. The number of nitrogens with one attached hydrogen (secondary N) is 2. The van der Waals surface area contributed by atoms with Crippen molar-refractivity contribution in [2.45, 2.75) is 13.8 Å². The number of hydrogen-bond acceptors (Lipinski definition) is 5. The number of rotatable bonds is 4. The molecule has 2 N–H and O–H groups in total. The Morgan fingerprint density at radius 3 is 2.59 bits per heavy atom. The summed E-state index contributed by atoms with van der Waals surface area (Å²) in [6.07, 6.45) is 1.61. The summed E-state index contributed by atoms with van der Waals surface area (Å²) >= 11 is 0. The number of nitrogens with zero attached hydrogens (tertiary/aromatic N) is 3. The van der Waals surface area contributed by atoms with Crippen LogP contribution in [-0.4, -0.2) is 15.2 Å². The van der Waals surface area contributed by atoms with Gasteiger partial charge in [0.1, 0.15) is 0 Å². The van der Waals surface area contributed by atoms with Gasteiger partial charge in [0.15, 0.2) is 5.82 Å². The lowest BCUT2D eigenvalue weighted by molar-refractivity contribution is 0.982. The van der Waals surface area contributed by atoms with Gasteiger partial charge in [-0.25, -0.2) is 0 Å². The molecule has 110 valence electrons. The molecule has 22 heavy (non-hydrogen) atoms. The van der Waals surface area contributed by atoms with Crippen LogP contribution in [-0.2, 0) is 0 Å². The molecule has 0 amide bonds. The van der Waals surface area contributed by atoms with E-state index >= 15 is 0 Å². The van der Waals surface area contributed by atoms with Crippen LogP contribution in [0, 0.1) is 13.8 Å². The Labute approximate surface area is 129 Å². The molecule has 0 fully saturated rings. The van der Waals surface area contributed by atoms with Gasteiger partial charge in [-0.2, -0.15) is 10.1 Å². The summed E-state index contributed by atoms with van der Waals surface area (Å²) in [5.74, 6) is 1.11. The molecule has 2 aromatic carbocycles. The normalized spacial score (nSPS) is 10.3. The molecule has 5 nitrogen and oxygen atoms in total. The summed E-state index contributed by atoms with van der Waals surface area (Å²) in [7, 11) is 0. The molecule has 1 aromatic heterocycles. The molecule has 0 unspecified atom stereocenters. The number of anilines is 4. The van der Waals surface area contributed by atoms with Gasteiger partial charge in [0.2, 0.25) is 5.95 Å². The average Bonchev–Trinajstić information content (AvgIpc) is 2.50. The maximum absolute atomic E-state index is 4.44. The summed E-state index contributed by atoms with van der Waals surface area (Å²) < 4.78 is 0. The van der Waals surface area contributed by atoms with Crippen molar-refractivity contribution in [1.82, 2.24) is 15.2 Å². The molecule has 3 aromatic rings. The van der Waals surface area contributed by atoms with Gasteiger partial charge in [-0.3, -0.25) is 0 Å². The van der Waals surface area contributed by atoms with Crippen molar-refractivity contribution in [3.8, 4) is 0 Å². The summed E-state index contributed by atoms with van der Waals surface area (Å²) in [6.45, 7) is 4.09. The first-order valence-electron chi connectivity index (χ1n) is 7.07. The lowest BCUT2D eigenvalue weighted by Gasteiger charge is -2.09. The first kappa shape index (κ1) is 14.0. The topological polar surface area (TPSA) is 62.7 Å². The van der Waals surface area contributed by atoms with E-state index in [1.807, 2.05) is 62.4 Å². The molecule has 0 spiro atoms. The van der Waals surface area contributed by atoms with E-state index in [0.717, 1.165) is 16.9 Å². The standard InChI is InChI=1S/C17H17N5/c1-12-6-5-8-14(10-12)19-17-21-16(11-18-22-17)20-15-9-4-3-7-13(15)2/h3-11H,1-2H3,(H2,19,20,21,22). The van der Waals surface area contributed by atoms with Gasteiger partial charge in [-0.15, -0.1) is 5.10 Å². The fourth-order valence-electron chi connectivity index (χ4n) is 2.12. The third-order valence-corrected chi connectivity index (χ3v) is 3.24. The SMILES string of the molecule is Cc1cccc(Nc2nncc(Nc3ccccc3C)n2)c1. The van der Waals surface area contributed by atoms with Gasteiger partial charge in [-0.05, 0) is 43.2 Å². The van der Waals surface area contributed by atoms with E-state index in [0.29, 0.717) is 11.8 Å². The van der Waals surface area contributed by atoms with E-state index in [-0.39, 0.29) is 0 Å². The minimum absolute atomic E-state index is 0.462. The van der Waals surface area contributed by atoms with Crippen LogP contribution in [0.5, 0.6) is 0 Å². The van der Waals surface area contributed by atoms with Crippen molar-refractivity contribution in [1.29, 1.82) is 0 Å². The van der Waals surface area contributed by atoms with Crippen LogP contribution in [0.4, 0.5) is 23.1 Å². The Bertz CT molecular complexity index is 785. The Morgan fingerprint density at radius 2 is 1.77 bits per heavy atom. The third-order valence-electron chi connectivity index (χ3n) is 3.24. The zero-order valence-corrected chi connectivity index (χ0v) is 12.5. The van der Waals surface area contributed by atoms with Crippen LogP contribution in [0.3, 0.4) is 0 Å². The Hall–Kier alpha value is -2.95. The second kappa shape index (κ2) is 6.22. The van der Waals surface area contributed by atoms with Crippen LogP contribution in [0.1, 0.15) is 11.1 Å². The highest BCUT2D eigenvalue weighted by atomic mass is 15.3. The van der Waals surface area contributed by atoms with Gasteiger partial charge in [-0.1, -0.05) is 30.3 Å². The van der Waals surface area contributed by atoms with Crippen LogP contribution in [0.2, 0.25) is 0 Å². The monoisotopic (exact) mass is 291 g/mol. The van der Waals surface area contributed by atoms with E-state index in [1.165, 1.54) is 5.56 Å². The van der Waals surface area contributed by atoms with Gasteiger partial charge >= 0.3 is 0 Å². The van der Waals surface area contributed by atoms with Gasteiger partial charge in [0, 0.05) is 11.4 Å². The molecular weight excluding hydrogens is 274 g/mol. The summed E-state index contributed by atoms with van der Waals surface area (Å²) in [5, 5.41) is 14.4.